The molecule has 4 heteroatoms. The summed E-state index contributed by atoms with van der Waals surface area (Å²) >= 11 is 0. The zero-order valence-electron chi connectivity index (χ0n) is 19.1. The lowest BCUT2D eigenvalue weighted by molar-refractivity contribution is -0.549. The smallest absolute Gasteiger partial charge is 0.227 e. The molecule has 0 N–H and O–H groups in total. The van der Waals surface area contributed by atoms with Gasteiger partial charge in [-0.05, 0) is 57.8 Å². The van der Waals surface area contributed by atoms with Crippen LogP contribution in [0.3, 0.4) is 0 Å². The predicted octanol–water partition coefficient (Wildman–Crippen LogP) is 6.68. The average Bonchev–Trinajstić information content (AvgIpc) is 2.39. The predicted molar refractivity (Wildman–Crippen MR) is 104 cm³/mol. The molecule has 0 aliphatic heterocycles. The first-order chi connectivity index (χ1) is 10.8. The van der Waals surface area contributed by atoms with Crippen molar-refractivity contribution < 1.29 is 19.6 Å². The van der Waals surface area contributed by atoms with Crippen LogP contribution >= 0.6 is 0 Å². The maximum Gasteiger partial charge on any atom is 0.231 e. The summed E-state index contributed by atoms with van der Waals surface area (Å²) in [4.78, 5) is 23.3. The van der Waals surface area contributed by atoms with Gasteiger partial charge in [0.15, 0.2) is 0 Å². The second kappa shape index (κ2) is 8.24. The van der Waals surface area contributed by atoms with E-state index in [9.17, 15) is 0 Å². The van der Waals surface area contributed by atoms with Crippen LogP contribution in [-0.4, -0.2) is 17.0 Å². The molecule has 0 fully saturated rings. The molecule has 0 aromatic heterocycles. The van der Waals surface area contributed by atoms with Gasteiger partial charge in [-0.3, -0.25) is 0 Å². The van der Waals surface area contributed by atoms with E-state index in [-0.39, 0.29) is 10.8 Å². The minimum Gasteiger partial charge on any atom is -0.227 e. The second-order valence-electron chi connectivity index (χ2n) is 10.9. The van der Waals surface area contributed by atoms with E-state index in [1.165, 1.54) is 0 Å². The van der Waals surface area contributed by atoms with Crippen LogP contribution in [0.25, 0.3) is 0 Å². The van der Waals surface area contributed by atoms with Gasteiger partial charge in [-0.15, -0.1) is 0 Å². The molecule has 0 unspecified atom stereocenters. The Hall–Kier alpha value is -0.160. The third-order valence-corrected chi connectivity index (χ3v) is 5.64. The SMILES string of the molecule is CC(C)CCC(C)(OOC(C)(C)C(C)(C)C)OOC(C)(C)C(C)(C)C. The van der Waals surface area contributed by atoms with Gasteiger partial charge in [0.1, 0.15) is 11.2 Å². The van der Waals surface area contributed by atoms with Crippen LogP contribution in [0.4, 0.5) is 0 Å². The van der Waals surface area contributed by atoms with E-state index >= 15 is 0 Å². The molecule has 0 saturated carbocycles. The van der Waals surface area contributed by atoms with Gasteiger partial charge in [-0.25, -0.2) is 9.78 Å². The first kappa shape index (κ1) is 24.8. The number of hydrogen-bond acceptors (Lipinski definition) is 4. The summed E-state index contributed by atoms with van der Waals surface area (Å²) in [6.45, 7) is 27.1. The van der Waals surface area contributed by atoms with Gasteiger partial charge in [-0.1, -0.05) is 55.4 Å². The normalized spacial score (nSPS) is 15.1. The van der Waals surface area contributed by atoms with Crippen LogP contribution < -0.4 is 0 Å². The van der Waals surface area contributed by atoms with Crippen molar-refractivity contribution in [1.29, 1.82) is 0 Å². The van der Waals surface area contributed by atoms with Crippen LogP contribution in [0.5, 0.6) is 0 Å². The van der Waals surface area contributed by atoms with Crippen LogP contribution in [0.2, 0.25) is 0 Å². The highest BCUT2D eigenvalue weighted by atomic mass is 17.3. The summed E-state index contributed by atoms with van der Waals surface area (Å²) in [7, 11) is 0. The fraction of sp³-hybridized carbons (Fsp3) is 1.00. The molecule has 0 amide bonds. The highest BCUT2D eigenvalue weighted by molar-refractivity contribution is 4.83. The summed E-state index contributed by atoms with van der Waals surface area (Å²) in [5.41, 5.74) is -1.07. The van der Waals surface area contributed by atoms with Crippen molar-refractivity contribution >= 4 is 0 Å². The number of hydrogen-bond donors (Lipinski definition) is 0. The van der Waals surface area contributed by atoms with E-state index in [1.807, 2.05) is 34.6 Å². The van der Waals surface area contributed by atoms with Gasteiger partial charge < -0.3 is 0 Å². The summed E-state index contributed by atoms with van der Waals surface area (Å²) in [5, 5.41) is 0. The molecular formula is C21H44O4. The van der Waals surface area contributed by atoms with Crippen LogP contribution in [0.1, 0.15) is 103 Å². The summed E-state index contributed by atoms with van der Waals surface area (Å²) < 4.78 is 0. The Morgan fingerprint density at radius 3 is 1.12 bits per heavy atom. The molecule has 0 aliphatic rings. The lowest BCUT2D eigenvalue weighted by Gasteiger charge is -2.42. The molecule has 0 bridgehead atoms. The van der Waals surface area contributed by atoms with E-state index in [0.717, 1.165) is 6.42 Å². The zero-order valence-corrected chi connectivity index (χ0v) is 19.1. The monoisotopic (exact) mass is 360 g/mol. The molecule has 0 atom stereocenters. The first-order valence-electron chi connectivity index (χ1n) is 9.57. The first-order valence-corrected chi connectivity index (χ1v) is 9.57. The maximum absolute atomic E-state index is 5.84. The highest BCUT2D eigenvalue weighted by Gasteiger charge is 2.42. The topological polar surface area (TPSA) is 36.9 Å². The van der Waals surface area contributed by atoms with Crippen molar-refractivity contribution in [2.24, 2.45) is 16.7 Å². The second-order valence-corrected chi connectivity index (χ2v) is 10.9. The summed E-state index contributed by atoms with van der Waals surface area (Å²) in [5.74, 6) is -0.423. The molecule has 25 heavy (non-hydrogen) atoms. The van der Waals surface area contributed by atoms with Crippen molar-refractivity contribution in [2.75, 3.05) is 0 Å². The van der Waals surface area contributed by atoms with Crippen LogP contribution in [-0.2, 0) is 19.6 Å². The number of rotatable bonds is 9. The lowest BCUT2D eigenvalue weighted by atomic mass is 9.79. The standard InChI is InChI=1S/C21H44O4/c1-16(2)14-15-21(13,24-22-19(9,10)17(3,4)5)25-23-20(11,12)18(6,7)8/h16H,14-15H2,1-13H3. The van der Waals surface area contributed by atoms with E-state index in [4.69, 9.17) is 19.6 Å². The molecule has 0 radical (unpaired) electrons. The summed E-state index contributed by atoms with van der Waals surface area (Å²) in [6, 6.07) is 0. The molecule has 4 nitrogen and oxygen atoms in total. The quantitative estimate of drug-likeness (QED) is 0.261. The molecule has 0 rings (SSSR count). The van der Waals surface area contributed by atoms with E-state index in [2.05, 4.69) is 55.4 Å². The van der Waals surface area contributed by atoms with Gasteiger partial charge >= 0.3 is 0 Å². The molecule has 0 aromatic rings. The van der Waals surface area contributed by atoms with Crippen molar-refractivity contribution in [1.82, 2.24) is 0 Å². The molecule has 0 aromatic carbocycles. The van der Waals surface area contributed by atoms with Gasteiger partial charge in [-0.2, -0.15) is 9.78 Å². The molecule has 0 spiro atoms. The minimum atomic E-state index is -0.963. The van der Waals surface area contributed by atoms with E-state index in [0.29, 0.717) is 12.3 Å². The Morgan fingerprint density at radius 2 is 0.880 bits per heavy atom. The summed E-state index contributed by atoms with van der Waals surface area (Å²) in [6.07, 6.45) is 1.64. The Labute approximate surface area is 156 Å². The zero-order chi connectivity index (χ0) is 20.3. The Kier molecular flexibility index (Phi) is 8.19. The highest BCUT2D eigenvalue weighted by Crippen LogP contribution is 2.38. The van der Waals surface area contributed by atoms with Gasteiger partial charge in [0.05, 0.1) is 0 Å². The Bertz CT molecular complexity index is 367. The average molecular weight is 361 g/mol. The van der Waals surface area contributed by atoms with Crippen LogP contribution in [0, 0.1) is 16.7 Å². The van der Waals surface area contributed by atoms with Crippen molar-refractivity contribution in [2.45, 2.75) is 120 Å². The van der Waals surface area contributed by atoms with Crippen molar-refractivity contribution in [3.63, 3.8) is 0 Å². The lowest BCUT2D eigenvalue weighted by Crippen LogP contribution is -2.46. The van der Waals surface area contributed by atoms with E-state index < -0.39 is 17.0 Å². The van der Waals surface area contributed by atoms with Gasteiger partial charge in [0.2, 0.25) is 5.79 Å². The molecule has 0 aliphatic carbocycles. The minimum absolute atomic E-state index is 0.0719. The molecular weight excluding hydrogens is 316 g/mol. The van der Waals surface area contributed by atoms with Gasteiger partial charge in [0, 0.05) is 6.42 Å². The fourth-order valence-electron chi connectivity index (χ4n) is 1.28. The van der Waals surface area contributed by atoms with Crippen LogP contribution in [0.15, 0.2) is 0 Å². The molecule has 0 heterocycles. The van der Waals surface area contributed by atoms with Crippen molar-refractivity contribution in [3.8, 4) is 0 Å². The van der Waals surface area contributed by atoms with Gasteiger partial charge in [0.25, 0.3) is 0 Å². The third kappa shape index (κ3) is 7.94. The van der Waals surface area contributed by atoms with Crippen molar-refractivity contribution in [3.05, 3.63) is 0 Å². The molecule has 152 valence electrons. The third-order valence-electron chi connectivity index (χ3n) is 5.64. The largest absolute Gasteiger partial charge is 0.231 e. The van der Waals surface area contributed by atoms with E-state index in [1.54, 1.807) is 0 Å². The Balaban J connectivity index is 5.13. The fourth-order valence-corrected chi connectivity index (χ4v) is 1.28. The molecule has 0 saturated heterocycles. The Morgan fingerprint density at radius 1 is 0.560 bits per heavy atom. The maximum atomic E-state index is 5.84.